The van der Waals surface area contributed by atoms with Crippen LogP contribution in [0.1, 0.15) is 10.4 Å². The number of phenolic OH excluding ortho intramolecular Hbond substituents is 1. The average Bonchev–Trinajstić information content (AvgIpc) is 2.54. The van der Waals surface area contributed by atoms with Gasteiger partial charge in [0, 0.05) is 6.07 Å². The van der Waals surface area contributed by atoms with E-state index in [1.54, 1.807) is 0 Å². The number of esters is 1. The number of rotatable bonds is 5. The summed E-state index contributed by atoms with van der Waals surface area (Å²) in [5, 5.41) is 9.61. The molecule has 0 saturated carbocycles. The summed E-state index contributed by atoms with van der Waals surface area (Å²) >= 11 is 0. The second-order valence-electron chi connectivity index (χ2n) is 4.63. The average molecular weight is 355 g/mol. The van der Waals surface area contributed by atoms with Gasteiger partial charge < -0.3 is 14.6 Å². The van der Waals surface area contributed by atoms with Crippen LogP contribution in [0.3, 0.4) is 0 Å². The molecule has 0 unspecified atom stereocenters. The van der Waals surface area contributed by atoms with Crippen LogP contribution >= 0.6 is 0 Å². The Morgan fingerprint density at radius 3 is 2.46 bits per heavy atom. The molecule has 0 aliphatic rings. The molecule has 9 heteroatoms. The highest BCUT2D eigenvalue weighted by Gasteiger charge is 2.20. The maximum Gasteiger partial charge on any atom is 0.341 e. The van der Waals surface area contributed by atoms with E-state index in [2.05, 4.69) is 9.46 Å². The number of carbonyl (C=O) groups excluding carboxylic acids is 1. The summed E-state index contributed by atoms with van der Waals surface area (Å²) in [5.41, 5.74) is -0.331. The standard InChI is InChI=1S/C15H14FNO6S/c1-22-14-6-3-9(7-12(14)16)17-24(20,21)10-4-5-13(18)11(8-10)15(19)23-2/h3-8,17-18H,1-2H3. The first-order valence-corrected chi connectivity index (χ1v) is 8.04. The number of hydrogen-bond acceptors (Lipinski definition) is 6. The maximum absolute atomic E-state index is 13.6. The highest BCUT2D eigenvalue weighted by Crippen LogP contribution is 2.25. The molecular weight excluding hydrogens is 341 g/mol. The molecule has 7 nitrogen and oxygen atoms in total. The Hall–Kier alpha value is -2.81. The summed E-state index contributed by atoms with van der Waals surface area (Å²) < 4.78 is 49.7. The molecule has 0 radical (unpaired) electrons. The fourth-order valence-corrected chi connectivity index (χ4v) is 2.98. The summed E-state index contributed by atoms with van der Waals surface area (Å²) in [5.74, 6) is -2.08. The maximum atomic E-state index is 13.6. The van der Waals surface area contributed by atoms with E-state index in [-0.39, 0.29) is 21.9 Å². The van der Waals surface area contributed by atoms with Gasteiger partial charge in [0.15, 0.2) is 11.6 Å². The van der Waals surface area contributed by atoms with Crippen LogP contribution in [0.15, 0.2) is 41.3 Å². The Bertz CT molecular complexity index is 882. The number of sulfonamides is 1. The zero-order chi connectivity index (χ0) is 17.9. The van der Waals surface area contributed by atoms with Gasteiger partial charge in [-0.25, -0.2) is 17.6 Å². The molecule has 0 spiro atoms. The number of halogens is 1. The van der Waals surface area contributed by atoms with Crippen LogP contribution in [0, 0.1) is 5.82 Å². The van der Waals surface area contributed by atoms with E-state index >= 15 is 0 Å². The quantitative estimate of drug-likeness (QED) is 0.797. The monoisotopic (exact) mass is 355 g/mol. The van der Waals surface area contributed by atoms with Gasteiger partial charge in [0.05, 0.1) is 24.8 Å². The van der Waals surface area contributed by atoms with Crippen molar-refractivity contribution in [3.8, 4) is 11.5 Å². The number of hydrogen-bond donors (Lipinski definition) is 2. The molecule has 2 aromatic carbocycles. The smallest absolute Gasteiger partial charge is 0.341 e. The lowest BCUT2D eigenvalue weighted by Gasteiger charge is -2.11. The van der Waals surface area contributed by atoms with Crippen LogP contribution in [0.4, 0.5) is 10.1 Å². The number of carbonyl (C=O) groups is 1. The molecule has 128 valence electrons. The topological polar surface area (TPSA) is 102 Å². The molecule has 0 atom stereocenters. The summed E-state index contributed by atoms with van der Waals surface area (Å²) in [6.45, 7) is 0. The Balaban J connectivity index is 2.37. The van der Waals surface area contributed by atoms with Gasteiger partial charge in [0.25, 0.3) is 10.0 Å². The number of phenols is 1. The second kappa shape index (κ2) is 6.75. The summed E-state index contributed by atoms with van der Waals surface area (Å²) in [7, 11) is -1.72. The molecule has 0 heterocycles. The molecular formula is C15H14FNO6S. The molecule has 2 rings (SSSR count). The fraction of sp³-hybridized carbons (Fsp3) is 0.133. The SMILES string of the molecule is COC(=O)c1cc(S(=O)(=O)Nc2ccc(OC)c(F)c2)ccc1O. The summed E-state index contributed by atoms with van der Waals surface area (Å²) in [4.78, 5) is 11.2. The molecule has 0 saturated heterocycles. The Kier molecular flexibility index (Phi) is 4.93. The van der Waals surface area contributed by atoms with E-state index in [9.17, 15) is 22.7 Å². The Morgan fingerprint density at radius 2 is 1.88 bits per heavy atom. The van der Waals surface area contributed by atoms with E-state index in [1.165, 1.54) is 19.2 Å². The third kappa shape index (κ3) is 3.57. The molecule has 24 heavy (non-hydrogen) atoms. The molecule has 0 aliphatic carbocycles. The van der Waals surface area contributed by atoms with Crippen LogP contribution in [0.5, 0.6) is 11.5 Å². The Morgan fingerprint density at radius 1 is 1.17 bits per heavy atom. The zero-order valence-electron chi connectivity index (χ0n) is 12.7. The van der Waals surface area contributed by atoms with Gasteiger partial charge in [0.1, 0.15) is 11.3 Å². The summed E-state index contributed by atoms with van der Waals surface area (Å²) in [6, 6.07) is 6.66. The molecule has 0 bridgehead atoms. The number of ether oxygens (including phenoxy) is 2. The number of nitrogens with one attached hydrogen (secondary N) is 1. The number of anilines is 1. The number of aromatic hydroxyl groups is 1. The lowest BCUT2D eigenvalue weighted by molar-refractivity contribution is 0.0597. The van der Waals surface area contributed by atoms with Crippen LogP contribution in [0.25, 0.3) is 0 Å². The van der Waals surface area contributed by atoms with Crippen molar-refractivity contribution in [1.29, 1.82) is 0 Å². The molecule has 2 aromatic rings. The van der Waals surface area contributed by atoms with Crippen molar-refractivity contribution >= 4 is 21.7 Å². The van der Waals surface area contributed by atoms with Gasteiger partial charge in [-0.15, -0.1) is 0 Å². The van der Waals surface area contributed by atoms with E-state index in [1.807, 2.05) is 0 Å². The van der Waals surface area contributed by atoms with Crippen molar-refractivity contribution in [2.45, 2.75) is 4.90 Å². The summed E-state index contributed by atoms with van der Waals surface area (Å²) in [6.07, 6.45) is 0. The van der Waals surface area contributed by atoms with Crippen LogP contribution in [0.2, 0.25) is 0 Å². The lowest BCUT2D eigenvalue weighted by Crippen LogP contribution is -2.14. The number of methoxy groups -OCH3 is 2. The predicted octanol–water partition coefficient (Wildman–Crippen LogP) is 2.13. The molecule has 2 N–H and O–H groups in total. The van der Waals surface area contributed by atoms with Crippen molar-refractivity contribution in [2.24, 2.45) is 0 Å². The minimum atomic E-state index is -4.11. The van der Waals surface area contributed by atoms with Crippen molar-refractivity contribution < 1.29 is 32.2 Å². The first-order valence-electron chi connectivity index (χ1n) is 6.56. The minimum absolute atomic E-state index is 0.0269. The van der Waals surface area contributed by atoms with E-state index < -0.39 is 27.6 Å². The van der Waals surface area contributed by atoms with Crippen LogP contribution in [-0.2, 0) is 14.8 Å². The number of benzene rings is 2. The third-order valence-electron chi connectivity index (χ3n) is 3.09. The van der Waals surface area contributed by atoms with Gasteiger partial charge >= 0.3 is 5.97 Å². The normalized spacial score (nSPS) is 11.0. The predicted molar refractivity (Wildman–Crippen MR) is 83.2 cm³/mol. The lowest BCUT2D eigenvalue weighted by atomic mass is 10.2. The fourth-order valence-electron chi connectivity index (χ4n) is 1.90. The van der Waals surface area contributed by atoms with Gasteiger partial charge in [-0.1, -0.05) is 0 Å². The van der Waals surface area contributed by atoms with Gasteiger partial charge in [-0.3, -0.25) is 4.72 Å². The van der Waals surface area contributed by atoms with Crippen LogP contribution in [-0.4, -0.2) is 33.7 Å². The highest BCUT2D eigenvalue weighted by atomic mass is 32.2. The third-order valence-corrected chi connectivity index (χ3v) is 4.47. The largest absolute Gasteiger partial charge is 0.507 e. The first-order chi connectivity index (χ1) is 11.3. The highest BCUT2D eigenvalue weighted by molar-refractivity contribution is 7.92. The van der Waals surface area contributed by atoms with Crippen molar-refractivity contribution in [1.82, 2.24) is 0 Å². The van der Waals surface area contributed by atoms with Crippen molar-refractivity contribution in [3.63, 3.8) is 0 Å². The van der Waals surface area contributed by atoms with Gasteiger partial charge in [-0.05, 0) is 30.3 Å². The minimum Gasteiger partial charge on any atom is -0.507 e. The Labute approximate surface area is 137 Å². The van der Waals surface area contributed by atoms with Crippen molar-refractivity contribution in [2.75, 3.05) is 18.9 Å². The van der Waals surface area contributed by atoms with E-state index in [0.29, 0.717) is 0 Å². The van der Waals surface area contributed by atoms with Gasteiger partial charge in [-0.2, -0.15) is 0 Å². The molecule has 0 amide bonds. The second-order valence-corrected chi connectivity index (χ2v) is 6.31. The molecule has 0 aromatic heterocycles. The van der Waals surface area contributed by atoms with Gasteiger partial charge in [0.2, 0.25) is 0 Å². The zero-order valence-corrected chi connectivity index (χ0v) is 13.6. The van der Waals surface area contributed by atoms with Crippen molar-refractivity contribution in [3.05, 3.63) is 47.8 Å². The first kappa shape index (κ1) is 17.5. The molecule has 0 fully saturated rings. The molecule has 0 aliphatic heterocycles. The van der Waals surface area contributed by atoms with E-state index in [4.69, 9.17) is 4.74 Å². The van der Waals surface area contributed by atoms with Crippen LogP contribution < -0.4 is 9.46 Å². The van der Waals surface area contributed by atoms with E-state index in [0.717, 1.165) is 31.4 Å².